The van der Waals surface area contributed by atoms with Crippen molar-refractivity contribution in [2.75, 3.05) is 0 Å². The molecular formula is C6H7IOS. The fourth-order valence-electron chi connectivity index (χ4n) is 0.553. The topological polar surface area (TPSA) is 20.2 Å². The summed E-state index contributed by atoms with van der Waals surface area (Å²) in [6, 6.07) is 3.96. The van der Waals surface area contributed by atoms with Crippen LogP contribution < -0.4 is 0 Å². The predicted octanol–water partition coefficient (Wildman–Crippen LogP) is 2.41. The van der Waals surface area contributed by atoms with E-state index in [1.165, 1.54) is 2.88 Å². The van der Waals surface area contributed by atoms with E-state index >= 15 is 0 Å². The molecule has 0 aliphatic rings. The molecule has 0 fully saturated rings. The number of aliphatic hydroxyl groups excluding tert-OH is 1. The molecule has 0 aliphatic heterocycles. The number of hydrogen-bond donors (Lipinski definition) is 1. The van der Waals surface area contributed by atoms with Gasteiger partial charge >= 0.3 is 0 Å². The fraction of sp³-hybridized carbons (Fsp3) is 0.333. The van der Waals surface area contributed by atoms with Crippen LogP contribution in [0.15, 0.2) is 12.1 Å². The Kier molecular flexibility index (Phi) is 2.49. The maximum absolute atomic E-state index is 9.04. The molecule has 1 aromatic rings. The van der Waals surface area contributed by atoms with Crippen LogP contribution in [0.3, 0.4) is 0 Å². The van der Waals surface area contributed by atoms with E-state index in [0.717, 1.165) is 4.88 Å². The molecule has 1 rings (SSSR count). The lowest BCUT2D eigenvalue weighted by molar-refractivity contribution is 0.203. The van der Waals surface area contributed by atoms with Crippen molar-refractivity contribution in [2.45, 2.75) is 13.0 Å². The lowest BCUT2D eigenvalue weighted by Gasteiger charge is -1.95. The standard InChI is InChI=1S/C6H7IOS/c1-4(8)5-2-3-6(7)9-5/h2-4,8H,1H3. The first-order valence-electron chi connectivity index (χ1n) is 2.63. The van der Waals surface area contributed by atoms with Crippen LogP contribution in [0.4, 0.5) is 0 Å². The van der Waals surface area contributed by atoms with Crippen molar-refractivity contribution in [3.63, 3.8) is 0 Å². The zero-order valence-electron chi connectivity index (χ0n) is 4.97. The van der Waals surface area contributed by atoms with E-state index in [-0.39, 0.29) is 6.10 Å². The van der Waals surface area contributed by atoms with Crippen molar-refractivity contribution in [1.29, 1.82) is 0 Å². The second-order valence-electron chi connectivity index (χ2n) is 1.82. The lowest BCUT2D eigenvalue weighted by atomic mass is 10.3. The summed E-state index contributed by atoms with van der Waals surface area (Å²) in [6.07, 6.45) is -0.307. The second-order valence-corrected chi connectivity index (χ2v) is 4.83. The van der Waals surface area contributed by atoms with Crippen molar-refractivity contribution in [3.05, 3.63) is 19.9 Å². The van der Waals surface area contributed by atoms with Gasteiger partial charge in [0.2, 0.25) is 0 Å². The average molecular weight is 254 g/mol. The van der Waals surface area contributed by atoms with Crippen molar-refractivity contribution in [3.8, 4) is 0 Å². The number of halogens is 1. The van der Waals surface area contributed by atoms with E-state index < -0.39 is 0 Å². The molecule has 0 spiro atoms. The van der Waals surface area contributed by atoms with Crippen LogP contribution in [0.2, 0.25) is 0 Å². The van der Waals surface area contributed by atoms with Crippen LogP contribution in [0.25, 0.3) is 0 Å². The van der Waals surface area contributed by atoms with Crippen molar-refractivity contribution < 1.29 is 5.11 Å². The Balaban J connectivity index is 2.85. The van der Waals surface area contributed by atoms with Crippen LogP contribution >= 0.6 is 33.9 Å². The molecule has 0 amide bonds. The highest BCUT2D eigenvalue weighted by atomic mass is 127. The average Bonchev–Trinajstić information content (AvgIpc) is 2.14. The molecule has 50 valence electrons. The fourth-order valence-corrected chi connectivity index (χ4v) is 2.16. The quantitative estimate of drug-likeness (QED) is 0.763. The van der Waals surface area contributed by atoms with Gasteiger partial charge in [0.25, 0.3) is 0 Å². The van der Waals surface area contributed by atoms with Gasteiger partial charge in [-0.2, -0.15) is 0 Å². The molecule has 1 unspecified atom stereocenters. The van der Waals surface area contributed by atoms with Gasteiger partial charge in [0.05, 0.1) is 8.99 Å². The first-order chi connectivity index (χ1) is 4.20. The first-order valence-corrected chi connectivity index (χ1v) is 4.53. The molecule has 3 heteroatoms. The maximum atomic E-state index is 9.04. The lowest BCUT2D eigenvalue weighted by Crippen LogP contribution is -1.82. The Morgan fingerprint density at radius 3 is 2.56 bits per heavy atom. The Morgan fingerprint density at radius 2 is 2.33 bits per heavy atom. The SMILES string of the molecule is CC(O)c1ccc(I)s1. The Bertz CT molecular complexity index is 195. The van der Waals surface area contributed by atoms with Crippen LogP contribution in [-0.4, -0.2) is 5.11 Å². The van der Waals surface area contributed by atoms with Gasteiger partial charge in [0.1, 0.15) is 0 Å². The highest BCUT2D eigenvalue weighted by Crippen LogP contribution is 2.23. The van der Waals surface area contributed by atoms with Gasteiger partial charge in [-0.1, -0.05) is 0 Å². The van der Waals surface area contributed by atoms with Crippen molar-refractivity contribution in [1.82, 2.24) is 0 Å². The third-order valence-corrected chi connectivity index (χ3v) is 3.07. The Labute approximate surface area is 71.9 Å². The largest absolute Gasteiger partial charge is 0.388 e. The molecule has 1 atom stereocenters. The summed E-state index contributed by atoms with van der Waals surface area (Å²) in [5.41, 5.74) is 0. The normalized spacial score (nSPS) is 13.7. The zero-order valence-corrected chi connectivity index (χ0v) is 7.94. The Morgan fingerprint density at radius 1 is 1.67 bits per heavy atom. The summed E-state index contributed by atoms with van der Waals surface area (Å²) < 4.78 is 1.23. The van der Waals surface area contributed by atoms with Gasteiger partial charge in [-0.25, -0.2) is 0 Å². The highest BCUT2D eigenvalue weighted by Gasteiger charge is 2.01. The van der Waals surface area contributed by atoms with Gasteiger partial charge in [-0.3, -0.25) is 0 Å². The van der Waals surface area contributed by atoms with Crippen LogP contribution in [0.1, 0.15) is 17.9 Å². The monoisotopic (exact) mass is 254 g/mol. The Hall–Kier alpha value is 0.390. The minimum atomic E-state index is -0.307. The summed E-state index contributed by atoms with van der Waals surface area (Å²) in [5, 5.41) is 9.04. The second kappa shape index (κ2) is 2.98. The van der Waals surface area contributed by atoms with Crippen LogP contribution in [-0.2, 0) is 0 Å². The zero-order chi connectivity index (χ0) is 6.85. The van der Waals surface area contributed by atoms with Gasteiger partial charge < -0.3 is 5.11 Å². The minimum Gasteiger partial charge on any atom is -0.388 e. The highest BCUT2D eigenvalue weighted by molar-refractivity contribution is 14.1. The number of rotatable bonds is 1. The summed E-state index contributed by atoms with van der Waals surface area (Å²) in [6.45, 7) is 1.78. The third kappa shape index (κ3) is 1.91. The molecule has 9 heavy (non-hydrogen) atoms. The molecule has 1 N–H and O–H groups in total. The molecule has 0 saturated heterocycles. The van der Waals surface area contributed by atoms with E-state index in [0.29, 0.717) is 0 Å². The third-order valence-electron chi connectivity index (χ3n) is 1.01. The molecular weight excluding hydrogens is 247 g/mol. The summed E-state index contributed by atoms with van der Waals surface area (Å²) in [7, 11) is 0. The smallest absolute Gasteiger partial charge is 0.0854 e. The van der Waals surface area contributed by atoms with Crippen molar-refractivity contribution >= 4 is 33.9 Å². The predicted molar refractivity (Wildman–Crippen MR) is 47.7 cm³/mol. The van der Waals surface area contributed by atoms with E-state index in [1.807, 2.05) is 12.1 Å². The van der Waals surface area contributed by atoms with Gasteiger partial charge in [-0.05, 0) is 41.6 Å². The maximum Gasteiger partial charge on any atom is 0.0854 e. The number of thiophene rings is 1. The molecule has 0 saturated carbocycles. The summed E-state index contributed by atoms with van der Waals surface area (Å²) in [4.78, 5) is 1.04. The number of aliphatic hydroxyl groups is 1. The van der Waals surface area contributed by atoms with Crippen LogP contribution in [0, 0.1) is 2.88 Å². The molecule has 0 radical (unpaired) electrons. The molecule has 1 heterocycles. The number of hydrogen-bond acceptors (Lipinski definition) is 2. The van der Waals surface area contributed by atoms with Crippen LogP contribution in [0.5, 0.6) is 0 Å². The molecule has 1 nitrogen and oxygen atoms in total. The van der Waals surface area contributed by atoms with E-state index in [1.54, 1.807) is 18.3 Å². The molecule has 0 aromatic carbocycles. The van der Waals surface area contributed by atoms with Crippen molar-refractivity contribution in [2.24, 2.45) is 0 Å². The van der Waals surface area contributed by atoms with Gasteiger partial charge in [0.15, 0.2) is 0 Å². The summed E-state index contributed by atoms with van der Waals surface area (Å²) in [5.74, 6) is 0. The van der Waals surface area contributed by atoms with Gasteiger partial charge in [-0.15, -0.1) is 11.3 Å². The molecule has 1 aromatic heterocycles. The van der Waals surface area contributed by atoms with Gasteiger partial charge in [0, 0.05) is 4.88 Å². The van der Waals surface area contributed by atoms with E-state index in [4.69, 9.17) is 5.11 Å². The molecule has 0 aliphatic carbocycles. The minimum absolute atomic E-state index is 0.307. The molecule has 0 bridgehead atoms. The van der Waals surface area contributed by atoms with E-state index in [9.17, 15) is 0 Å². The summed E-state index contributed by atoms with van der Waals surface area (Å²) >= 11 is 3.87. The first kappa shape index (κ1) is 7.50. The van der Waals surface area contributed by atoms with E-state index in [2.05, 4.69) is 22.6 Å².